The van der Waals surface area contributed by atoms with Crippen LogP contribution in [0.2, 0.25) is 0 Å². The van der Waals surface area contributed by atoms with Gasteiger partial charge in [0, 0.05) is 11.8 Å². The second kappa shape index (κ2) is 5.44. The molecule has 2 rings (SSSR count). The minimum atomic E-state index is -1.16. The van der Waals surface area contributed by atoms with Crippen LogP contribution in [0.15, 0.2) is 42.5 Å². The Morgan fingerprint density at radius 2 is 1.70 bits per heavy atom. The lowest BCUT2D eigenvalue weighted by Gasteiger charge is -2.08. The summed E-state index contributed by atoms with van der Waals surface area (Å²) in [5.41, 5.74) is 1.09. The highest BCUT2D eigenvalue weighted by Crippen LogP contribution is 2.21. The molecule has 0 atom stereocenters. The molecule has 0 heterocycles. The van der Waals surface area contributed by atoms with Crippen LogP contribution in [0.3, 0.4) is 0 Å². The van der Waals surface area contributed by atoms with Crippen LogP contribution in [-0.2, 0) is 0 Å². The van der Waals surface area contributed by atoms with Crippen molar-refractivity contribution in [3.05, 3.63) is 59.2 Å². The van der Waals surface area contributed by atoms with Crippen LogP contribution in [0, 0.1) is 6.92 Å². The van der Waals surface area contributed by atoms with Crippen molar-refractivity contribution in [1.29, 1.82) is 0 Å². The van der Waals surface area contributed by atoms with Gasteiger partial charge in [-0.05, 0) is 30.7 Å². The lowest BCUT2D eigenvalue weighted by molar-refractivity contribution is 0.0692. The minimum Gasteiger partial charge on any atom is -0.508 e. The quantitative estimate of drug-likeness (QED) is 0.801. The first-order chi connectivity index (χ1) is 9.49. The normalized spacial score (nSPS) is 10.1. The molecule has 0 aliphatic rings. The zero-order valence-corrected chi connectivity index (χ0v) is 10.8. The first-order valence-corrected chi connectivity index (χ1v) is 5.92. The molecule has 0 bridgehead atoms. The van der Waals surface area contributed by atoms with E-state index >= 15 is 0 Å². The highest BCUT2D eigenvalue weighted by atomic mass is 16.4. The third kappa shape index (κ3) is 2.77. The fraction of sp³-hybridized carbons (Fsp3) is 0.0667. The van der Waals surface area contributed by atoms with Gasteiger partial charge in [0.15, 0.2) is 0 Å². The van der Waals surface area contributed by atoms with Crippen molar-refractivity contribution >= 4 is 17.6 Å². The number of hydrogen-bond donors (Lipinski definition) is 3. The fourth-order valence-electron chi connectivity index (χ4n) is 1.75. The summed E-state index contributed by atoms with van der Waals surface area (Å²) in [7, 11) is 0. The van der Waals surface area contributed by atoms with Gasteiger partial charge in [0.2, 0.25) is 0 Å². The van der Waals surface area contributed by atoms with Crippen molar-refractivity contribution in [3.63, 3.8) is 0 Å². The first-order valence-electron chi connectivity index (χ1n) is 5.92. The van der Waals surface area contributed by atoms with Gasteiger partial charge in [0.1, 0.15) is 5.75 Å². The minimum absolute atomic E-state index is 0.0642. The van der Waals surface area contributed by atoms with Gasteiger partial charge < -0.3 is 15.5 Å². The Balaban J connectivity index is 2.28. The summed E-state index contributed by atoms with van der Waals surface area (Å²) in [6, 6.07) is 10.7. The molecule has 2 aromatic carbocycles. The Morgan fingerprint density at radius 1 is 1.05 bits per heavy atom. The van der Waals surface area contributed by atoms with Crippen LogP contribution >= 0.6 is 0 Å². The standard InChI is InChI=1S/C15H13NO4/c1-9-6-7-10(8-13(9)17)16-14(18)11-4-2-3-5-12(11)15(19)20/h2-8,17H,1H3,(H,16,18)(H,19,20). The highest BCUT2D eigenvalue weighted by Gasteiger charge is 2.15. The Kier molecular flexibility index (Phi) is 3.70. The molecule has 5 nitrogen and oxygen atoms in total. The Morgan fingerprint density at radius 3 is 2.30 bits per heavy atom. The van der Waals surface area contributed by atoms with E-state index in [2.05, 4.69) is 5.32 Å². The average Bonchev–Trinajstić information content (AvgIpc) is 2.43. The van der Waals surface area contributed by atoms with Crippen molar-refractivity contribution in [2.75, 3.05) is 5.32 Å². The number of carboxylic acid groups (broad SMARTS) is 1. The number of carboxylic acids is 1. The summed E-state index contributed by atoms with van der Waals surface area (Å²) in [5, 5.41) is 21.2. The molecule has 0 unspecified atom stereocenters. The van der Waals surface area contributed by atoms with Gasteiger partial charge in [0.05, 0.1) is 11.1 Å². The summed E-state index contributed by atoms with van der Waals surface area (Å²) in [6.45, 7) is 1.74. The highest BCUT2D eigenvalue weighted by molar-refractivity contribution is 6.10. The molecule has 102 valence electrons. The van der Waals surface area contributed by atoms with E-state index in [-0.39, 0.29) is 16.9 Å². The van der Waals surface area contributed by atoms with E-state index in [1.54, 1.807) is 31.2 Å². The number of nitrogens with one attached hydrogen (secondary N) is 1. The predicted molar refractivity (Wildman–Crippen MR) is 74.2 cm³/mol. The SMILES string of the molecule is Cc1ccc(NC(=O)c2ccccc2C(=O)O)cc1O. The van der Waals surface area contributed by atoms with Crippen LogP contribution in [0.1, 0.15) is 26.3 Å². The molecule has 0 aliphatic carbocycles. The van der Waals surface area contributed by atoms with Crippen LogP contribution in [0.5, 0.6) is 5.75 Å². The molecule has 0 aromatic heterocycles. The smallest absolute Gasteiger partial charge is 0.336 e. The van der Waals surface area contributed by atoms with Gasteiger partial charge in [-0.3, -0.25) is 4.79 Å². The molecule has 3 N–H and O–H groups in total. The molecular weight excluding hydrogens is 258 g/mol. The van der Waals surface area contributed by atoms with Crippen LogP contribution in [0.25, 0.3) is 0 Å². The first kappa shape index (κ1) is 13.6. The van der Waals surface area contributed by atoms with Crippen molar-refractivity contribution in [2.45, 2.75) is 6.92 Å². The number of rotatable bonds is 3. The summed E-state index contributed by atoms with van der Waals surface area (Å²) in [5.74, 6) is -1.64. The van der Waals surface area contributed by atoms with Gasteiger partial charge in [-0.25, -0.2) is 4.79 Å². The van der Waals surface area contributed by atoms with E-state index in [0.29, 0.717) is 11.3 Å². The van der Waals surface area contributed by atoms with E-state index in [0.717, 1.165) is 0 Å². The van der Waals surface area contributed by atoms with E-state index in [1.807, 2.05) is 0 Å². The van der Waals surface area contributed by atoms with Gasteiger partial charge in [-0.1, -0.05) is 18.2 Å². The molecule has 1 amide bonds. The Bertz CT molecular complexity index is 679. The lowest BCUT2D eigenvalue weighted by Crippen LogP contribution is -2.16. The Hall–Kier alpha value is -2.82. The lowest BCUT2D eigenvalue weighted by atomic mass is 10.1. The third-order valence-electron chi connectivity index (χ3n) is 2.87. The van der Waals surface area contributed by atoms with Crippen LogP contribution in [0.4, 0.5) is 5.69 Å². The number of aromatic hydroxyl groups is 1. The molecule has 2 aromatic rings. The zero-order valence-electron chi connectivity index (χ0n) is 10.8. The second-order valence-corrected chi connectivity index (χ2v) is 4.31. The number of phenols is 1. The van der Waals surface area contributed by atoms with Crippen LogP contribution in [-0.4, -0.2) is 22.1 Å². The molecule has 0 fully saturated rings. The van der Waals surface area contributed by atoms with Crippen molar-refractivity contribution in [2.24, 2.45) is 0 Å². The molecule has 0 radical (unpaired) electrons. The van der Waals surface area contributed by atoms with E-state index in [9.17, 15) is 14.7 Å². The number of carbonyl (C=O) groups is 2. The average molecular weight is 271 g/mol. The monoisotopic (exact) mass is 271 g/mol. The van der Waals surface area contributed by atoms with Crippen LogP contribution < -0.4 is 5.32 Å². The fourth-order valence-corrected chi connectivity index (χ4v) is 1.75. The maximum atomic E-state index is 12.1. The second-order valence-electron chi connectivity index (χ2n) is 4.31. The third-order valence-corrected chi connectivity index (χ3v) is 2.87. The summed E-state index contributed by atoms with van der Waals surface area (Å²) in [6.07, 6.45) is 0. The number of aryl methyl sites for hydroxylation is 1. The van der Waals surface area contributed by atoms with Crippen molar-refractivity contribution in [1.82, 2.24) is 0 Å². The van der Waals surface area contributed by atoms with Crippen molar-refractivity contribution in [3.8, 4) is 5.75 Å². The molecule has 20 heavy (non-hydrogen) atoms. The summed E-state index contributed by atoms with van der Waals surface area (Å²) >= 11 is 0. The van der Waals surface area contributed by atoms with Crippen molar-refractivity contribution < 1.29 is 19.8 Å². The molecule has 0 aliphatic heterocycles. The largest absolute Gasteiger partial charge is 0.508 e. The number of aromatic carboxylic acids is 1. The predicted octanol–water partition coefficient (Wildman–Crippen LogP) is 2.65. The number of carbonyl (C=O) groups excluding carboxylic acids is 1. The van der Waals surface area contributed by atoms with Gasteiger partial charge in [-0.2, -0.15) is 0 Å². The maximum Gasteiger partial charge on any atom is 0.336 e. The molecule has 0 saturated heterocycles. The summed E-state index contributed by atoms with van der Waals surface area (Å²) < 4.78 is 0. The Labute approximate surface area is 115 Å². The molecular formula is C15H13NO4. The van der Waals surface area contributed by atoms with Gasteiger partial charge in [0.25, 0.3) is 5.91 Å². The topological polar surface area (TPSA) is 86.6 Å². The van der Waals surface area contributed by atoms with Gasteiger partial charge in [-0.15, -0.1) is 0 Å². The molecule has 0 saturated carbocycles. The molecule has 5 heteroatoms. The number of anilines is 1. The number of benzene rings is 2. The van der Waals surface area contributed by atoms with Gasteiger partial charge >= 0.3 is 5.97 Å². The maximum absolute atomic E-state index is 12.1. The number of amides is 1. The van der Waals surface area contributed by atoms with E-state index in [1.165, 1.54) is 18.2 Å². The number of phenolic OH excluding ortho intramolecular Hbond substituents is 1. The van der Waals surface area contributed by atoms with E-state index < -0.39 is 11.9 Å². The molecule has 0 spiro atoms. The number of hydrogen-bond acceptors (Lipinski definition) is 3. The zero-order chi connectivity index (χ0) is 14.7. The van der Waals surface area contributed by atoms with E-state index in [4.69, 9.17) is 5.11 Å². The summed E-state index contributed by atoms with van der Waals surface area (Å²) in [4.78, 5) is 23.1.